The minimum Gasteiger partial charge on any atom is -0.466 e. The van der Waals surface area contributed by atoms with Gasteiger partial charge in [0.05, 0.1) is 13.0 Å². The summed E-state index contributed by atoms with van der Waals surface area (Å²) in [6.07, 6.45) is 0.261. The van der Waals surface area contributed by atoms with Crippen LogP contribution in [0, 0.1) is 5.92 Å². The van der Waals surface area contributed by atoms with Crippen LogP contribution < -0.4 is 0 Å². The van der Waals surface area contributed by atoms with Gasteiger partial charge in [-0.15, -0.1) is 0 Å². The number of rotatable bonds is 6. The van der Waals surface area contributed by atoms with Crippen molar-refractivity contribution in [3.63, 3.8) is 0 Å². The number of hydrogen-bond acceptors (Lipinski definition) is 3. The zero-order valence-electron chi connectivity index (χ0n) is 9.41. The minimum atomic E-state index is -0.920. The van der Waals surface area contributed by atoms with Crippen LogP contribution >= 0.6 is 0 Å². The van der Waals surface area contributed by atoms with Crippen LogP contribution in [-0.4, -0.2) is 27.8 Å². The third-order valence-electron chi connectivity index (χ3n) is 2.17. The Morgan fingerprint density at radius 2 is 1.93 bits per heavy atom. The van der Waals surface area contributed by atoms with Gasteiger partial charge in [0.15, 0.2) is 0 Å². The molecule has 3 nitrogen and oxygen atoms in total. The molecule has 4 heteroatoms. The fourth-order valence-electron chi connectivity index (χ4n) is 0.907. The van der Waals surface area contributed by atoms with E-state index in [4.69, 9.17) is 4.74 Å². The zero-order chi connectivity index (χ0) is 11.1. The van der Waals surface area contributed by atoms with E-state index < -0.39 is 10.8 Å². The summed E-state index contributed by atoms with van der Waals surface area (Å²) in [7, 11) is -0.920. The Bertz CT molecular complexity index is 202. The Morgan fingerprint density at radius 1 is 1.36 bits per heavy atom. The summed E-state index contributed by atoms with van der Waals surface area (Å²) < 4.78 is 16.4. The first-order valence-electron chi connectivity index (χ1n) is 5.01. The van der Waals surface area contributed by atoms with Crippen LogP contribution in [0.25, 0.3) is 0 Å². The largest absolute Gasteiger partial charge is 0.466 e. The van der Waals surface area contributed by atoms with E-state index in [-0.39, 0.29) is 17.6 Å². The molecular formula is C10H20O3S. The average molecular weight is 220 g/mol. The Labute approximate surface area is 88.7 Å². The van der Waals surface area contributed by atoms with Gasteiger partial charge in [0, 0.05) is 21.8 Å². The summed E-state index contributed by atoms with van der Waals surface area (Å²) in [4.78, 5) is 11.0. The molecule has 0 aromatic heterocycles. The molecule has 0 fully saturated rings. The Morgan fingerprint density at radius 3 is 2.36 bits per heavy atom. The van der Waals surface area contributed by atoms with Gasteiger partial charge in [-0.2, -0.15) is 0 Å². The smallest absolute Gasteiger partial charge is 0.306 e. The monoisotopic (exact) mass is 220 g/mol. The third-order valence-corrected chi connectivity index (χ3v) is 4.15. The standard InChI is InChI=1S/C10H20O3S/c1-5-13-10(11)6-7-14(12)9(4)8(2)3/h8-9H,5-7H2,1-4H3. The number of hydrogen-bond donors (Lipinski definition) is 0. The van der Waals surface area contributed by atoms with Gasteiger partial charge in [-0.05, 0) is 12.8 Å². The molecule has 0 heterocycles. The molecule has 2 atom stereocenters. The van der Waals surface area contributed by atoms with Crippen molar-refractivity contribution in [1.82, 2.24) is 0 Å². The van der Waals surface area contributed by atoms with Gasteiger partial charge in [0.25, 0.3) is 0 Å². The molecule has 2 unspecified atom stereocenters. The molecular weight excluding hydrogens is 200 g/mol. The molecule has 0 rings (SSSR count). The lowest BCUT2D eigenvalue weighted by Gasteiger charge is -2.14. The van der Waals surface area contributed by atoms with Gasteiger partial charge in [-0.1, -0.05) is 20.8 Å². The number of esters is 1. The number of carbonyl (C=O) groups is 1. The maximum atomic E-state index is 11.6. The molecule has 84 valence electrons. The van der Waals surface area contributed by atoms with Crippen molar-refractivity contribution in [3.8, 4) is 0 Å². The van der Waals surface area contributed by atoms with E-state index >= 15 is 0 Å². The zero-order valence-corrected chi connectivity index (χ0v) is 10.2. The molecule has 0 aliphatic carbocycles. The fraction of sp³-hybridized carbons (Fsp3) is 0.900. The molecule has 0 N–H and O–H groups in total. The molecule has 0 bridgehead atoms. The second kappa shape index (κ2) is 6.98. The summed E-state index contributed by atoms with van der Waals surface area (Å²) in [5.41, 5.74) is 0. The van der Waals surface area contributed by atoms with E-state index in [9.17, 15) is 9.00 Å². The highest BCUT2D eigenvalue weighted by atomic mass is 32.2. The average Bonchev–Trinajstić information content (AvgIpc) is 2.13. The first kappa shape index (κ1) is 13.6. The summed E-state index contributed by atoms with van der Waals surface area (Å²) >= 11 is 0. The SMILES string of the molecule is CCOC(=O)CCS(=O)C(C)C(C)C. The fourth-order valence-corrected chi connectivity index (χ4v) is 2.25. The van der Waals surface area contributed by atoms with Crippen molar-refractivity contribution >= 4 is 16.8 Å². The van der Waals surface area contributed by atoms with Crippen LogP contribution in [0.2, 0.25) is 0 Å². The summed E-state index contributed by atoms with van der Waals surface area (Å²) in [6.45, 7) is 8.18. The van der Waals surface area contributed by atoms with Gasteiger partial charge < -0.3 is 4.74 Å². The normalized spacial score (nSPS) is 15.2. The van der Waals surface area contributed by atoms with Crippen LogP contribution in [0.1, 0.15) is 34.1 Å². The lowest BCUT2D eigenvalue weighted by molar-refractivity contribution is -0.142. The van der Waals surface area contributed by atoms with Crippen molar-refractivity contribution in [2.45, 2.75) is 39.4 Å². The van der Waals surface area contributed by atoms with Gasteiger partial charge in [0.1, 0.15) is 0 Å². The van der Waals surface area contributed by atoms with Crippen molar-refractivity contribution in [2.75, 3.05) is 12.4 Å². The predicted octanol–water partition coefficient (Wildman–Crippen LogP) is 1.73. The van der Waals surface area contributed by atoms with E-state index in [0.29, 0.717) is 18.3 Å². The van der Waals surface area contributed by atoms with E-state index in [1.54, 1.807) is 6.92 Å². The maximum Gasteiger partial charge on any atom is 0.306 e. The molecule has 0 aromatic rings. The Hall–Kier alpha value is -0.380. The number of ether oxygens (including phenoxy) is 1. The molecule has 0 saturated carbocycles. The van der Waals surface area contributed by atoms with E-state index in [0.717, 1.165) is 0 Å². The van der Waals surface area contributed by atoms with Crippen molar-refractivity contribution < 1.29 is 13.7 Å². The Balaban J connectivity index is 3.79. The molecule has 0 aliphatic rings. The molecule has 14 heavy (non-hydrogen) atoms. The third kappa shape index (κ3) is 5.37. The Kier molecular flexibility index (Phi) is 6.79. The quantitative estimate of drug-likeness (QED) is 0.640. The van der Waals surface area contributed by atoms with E-state index in [2.05, 4.69) is 0 Å². The highest BCUT2D eigenvalue weighted by molar-refractivity contribution is 7.85. The summed E-state index contributed by atoms with van der Waals surface area (Å²) in [5.74, 6) is 0.549. The molecule has 0 radical (unpaired) electrons. The predicted molar refractivity (Wildman–Crippen MR) is 58.6 cm³/mol. The maximum absolute atomic E-state index is 11.6. The minimum absolute atomic E-state index is 0.143. The van der Waals surface area contributed by atoms with Crippen LogP contribution in [0.3, 0.4) is 0 Å². The van der Waals surface area contributed by atoms with Crippen LogP contribution in [-0.2, 0) is 20.3 Å². The van der Waals surface area contributed by atoms with Gasteiger partial charge in [-0.3, -0.25) is 9.00 Å². The summed E-state index contributed by atoms with van der Waals surface area (Å²) in [5, 5.41) is 0.143. The van der Waals surface area contributed by atoms with Crippen LogP contribution in [0.4, 0.5) is 0 Å². The van der Waals surface area contributed by atoms with Crippen molar-refractivity contribution in [3.05, 3.63) is 0 Å². The highest BCUT2D eigenvalue weighted by Gasteiger charge is 2.16. The van der Waals surface area contributed by atoms with Gasteiger partial charge in [0.2, 0.25) is 0 Å². The highest BCUT2D eigenvalue weighted by Crippen LogP contribution is 2.09. The first-order valence-corrected chi connectivity index (χ1v) is 6.40. The second-order valence-electron chi connectivity index (χ2n) is 3.59. The topological polar surface area (TPSA) is 43.4 Å². The van der Waals surface area contributed by atoms with Gasteiger partial charge >= 0.3 is 5.97 Å². The molecule has 0 aromatic carbocycles. The van der Waals surface area contributed by atoms with Crippen molar-refractivity contribution in [2.24, 2.45) is 5.92 Å². The summed E-state index contributed by atoms with van der Waals surface area (Å²) in [6, 6.07) is 0. The van der Waals surface area contributed by atoms with Crippen LogP contribution in [0.5, 0.6) is 0 Å². The molecule has 0 aliphatic heterocycles. The first-order chi connectivity index (χ1) is 6.49. The lowest BCUT2D eigenvalue weighted by atomic mass is 10.2. The molecule has 0 amide bonds. The number of carbonyl (C=O) groups excluding carboxylic acids is 1. The van der Waals surface area contributed by atoms with E-state index in [1.807, 2.05) is 20.8 Å². The van der Waals surface area contributed by atoms with E-state index in [1.165, 1.54) is 0 Å². The second-order valence-corrected chi connectivity index (χ2v) is 5.50. The van der Waals surface area contributed by atoms with Crippen molar-refractivity contribution in [1.29, 1.82) is 0 Å². The molecule has 0 saturated heterocycles. The lowest BCUT2D eigenvalue weighted by Crippen LogP contribution is -2.21. The van der Waals surface area contributed by atoms with Crippen LogP contribution in [0.15, 0.2) is 0 Å². The molecule has 0 spiro atoms. The van der Waals surface area contributed by atoms with Gasteiger partial charge in [-0.25, -0.2) is 0 Å².